The summed E-state index contributed by atoms with van der Waals surface area (Å²) in [5.74, 6) is 2.40. The molecule has 4 aromatic rings. The third kappa shape index (κ3) is 5.73. The number of morpholine rings is 1. The van der Waals surface area contributed by atoms with Crippen LogP contribution in [-0.4, -0.2) is 63.5 Å². The number of methoxy groups -OCH3 is 2. The summed E-state index contributed by atoms with van der Waals surface area (Å²) >= 11 is 0. The molecule has 2 aliphatic rings. The van der Waals surface area contributed by atoms with Gasteiger partial charge in [-0.3, -0.25) is 0 Å². The molecule has 1 saturated heterocycles. The van der Waals surface area contributed by atoms with Crippen molar-refractivity contribution in [3.8, 4) is 34.5 Å². The smallest absolute Gasteiger partial charge is 0.434 e. The lowest BCUT2D eigenvalue weighted by molar-refractivity contribution is -0.140. The van der Waals surface area contributed by atoms with Gasteiger partial charge in [0.05, 0.1) is 39.2 Å². The molecule has 1 atom stereocenters. The van der Waals surface area contributed by atoms with E-state index in [1.54, 1.807) is 37.0 Å². The molecule has 1 aliphatic carbocycles. The Kier molecular flexibility index (Phi) is 7.67. The zero-order chi connectivity index (χ0) is 30.3. The van der Waals surface area contributed by atoms with Crippen molar-refractivity contribution < 1.29 is 27.4 Å². The van der Waals surface area contributed by atoms with Crippen molar-refractivity contribution in [3.05, 3.63) is 59.8 Å². The van der Waals surface area contributed by atoms with Gasteiger partial charge in [-0.05, 0) is 32.3 Å². The zero-order valence-electron chi connectivity index (χ0n) is 24.3. The second-order valence-electron chi connectivity index (χ2n) is 10.9. The van der Waals surface area contributed by atoms with Crippen LogP contribution in [0.2, 0.25) is 0 Å². The third-order valence-corrected chi connectivity index (χ3v) is 7.68. The Morgan fingerprint density at radius 2 is 1.77 bits per heavy atom. The molecule has 226 valence electrons. The van der Waals surface area contributed by atoms with Crippen LogP contribution in [0.1, 0.15) is 61.6 Å². The van der Waals surface area contributed by atoms with Gasteiger partial charge in [-0.25, -0.2) is 19.9 Å². The van der Waals surface area contributed by atoms with Crippen molar-refractivity contribution in [2.45, 2.75) is 50.9 Å². The SMILES string of the molecule is COc1cc(N2CCOCC2c2ccc(-c3nc(C(F)(F)F)cn3C(C)C)cc2)nc(-c2c(OC)ncnc2C2CC2)n1. The fourth-order valence-corrected chi connectivity index (χ4v) is 5.34. The summed E-state index contributed by atoms with van der Waals surface area (Å²) in [6.45, 7) is 5.09. The minimum absolute atomic E-state index is 0.198. The van der Waals surface area contributed by atoms with E-state index in [-0.39, 0.29) is 17.9 Å². The Morgan fingerprint density at radius 3 is 2.42 bits per heavy atom. The normalized spacial score (nSPS) is 17.4. The summed E-state index contributed by atoms with van der Waals surface area (Å²) in [5.41, 5.74) is 2.10. The number of anilines is 1. The van der Waals surface area contributed by atoms with Gasteiger partial charge in [-0.1, -0.05) is 24.3 Å². The molecular weight excluding hydrogens is 563 g/mol. The maximum Gasteiger partial charge on any atom is 0.434 e. The molecule has 1 aromatic carbocycles. The Bertz CT molecular complexity index is 1600. The number of halogens is 3. The summed E-state index contributed by atoms with van der Waals surface area (Å²) in [6.07, 6.45) is 0.0881. The molecular formula is C30H32F3N7O3. The fourth-order valence-electron chi connectivity index (χ4n) is 5.34. The van der Waals surface area contributed by atoms with E-state index >= 15 is 0 Å². The lowest BCUT2D eigenvalue weighted by Crippen LogP contribution is -2.40. The van der Waals surface area contributed by atoms with Crippen molar-refractivity contribution in [1.82, 2.24) is 29.5 Å². The van der Waals surface area contributed by atoms with Crippen LogP contribution >= 0.6 is 0 Å². The molecule has 1 saturated carbocycles. The quantitative estimate of drug-likeness (QED) is 0.248. The first-order valence-electron chi connectivity index (χ1n) is 14.1. The highest BCUT2D eigenvalue weighted by Gasteiger charge is 2.36. The van der Waals surface area contributed by atoms with Gasteiger partial charge in [0.2, 0.25) is 11.8 Å². The van der Waals surface area contributed by atoms with E-state index in [1.165, 1.54) is 6.33 Å². The molecule has 1 unspecified atom stereocenters. The maximum atomic E-state index is 13.4. The fraction of sp³-hybridized carbons (Fsp3) is 0.433. The third-order valence-electron chi connectivity index (χ3n) is 7.68. The molecule has 2 fully saturated rings. The molecule has 3 aromatic heterocycles. The first-order chi connectivity index (χ1) is 20.7. The van der Waals surface area contributed by atoms with E-state index in [2.05, 4.69) is 24.8 Å². The van der Waals surface area contributed by atoms with Crippen LogP contribution in [0.15, 0.2) is 42.9 Å². The molecule has 0 amide bonds. The van der Waals surface area contributed by atoms with Gasteiger partial charge in [0.1, 0.15) is 23.5 Å². The summed E-state index contributed by atoms with van der Waals surface area (Å²) in [7, 11) is 3.11. The number of hydrogen-bond acceptors (Lipinski definition) is 9. The Hall–Kier alpha value is -4.26. The zero-order valence-corrected chi connectivity index (χ0v) is 24.3. The summed E-state index contributed by atoms with van der Waals surface area (Å²) in [5, 5.41) is 0. The first-order valence-corrected chi connectivity index (χ1v) is 14.1. The Balaban J connectivity index is 1.36. The predicted octanol–water partition coefficient (Wildman–Crippen LogP) is 5.87. The lowest BCUT2D eigenvalue weighted by Gasteiger charge is -2.37. The molecule has 43 heavy (non-hydrogen) atoms. The average molecular weight is 596 g/mol. The highest BCUT2D eigenvalue weighted by molar-refractivity contribution is 5.68. The Morgan fingerprint density at radius 1 is 1.00 bits per heavy atom. The second kappa shape index (κ2) is 11.4. The number of rotatable bonds is 8. The van der Waals surface area contributed by atoms with E-state index in [4.69, 9.17) is 19.2 Å². The van der Waals surface area contributed by atoms with Gasteiger partial charge in [0.15, 0.2) is 11.5 Å². The number of benzene rings is 1. The highest BCUT2D eigenvalue weighted by atomic mass is 19.4. The molecule has 1 aliphatic heterocycles. The van der Waals surface area contributed by atoms with Crippen molar-refractivity contribution in [1.29, 1.82) is 0 Å². The lowest BCUT2D eigenvalue weighted by atomic mass is 10.0. The second-order valence-corrected chi connectivity index (χ2v) is 10.9. The number of hydrogen-bond donors (Lipinski definition) is 0. The number of ether oxygens (including phenoxy) is 3. The maximum absolute atomic E-state index is 13.4. The van der Waals surface area contributed by atoms with Crippen molar-refractivity contribution >= 4 is 5.82 Å². The van der Waals surface area contributed by atoms with Gasteiger partial charge in [0.25, 0.3) is 0 Å². The van der Waals surface area contributed by atoms with Gasteiger partial charge in [-0.2, -0.15) is 18.2 Å². The molecule has 13 heteroatoms. The van der Waals surface area contributed by atoms with E-state index in [1.807, 2.05) is 26.0 Å². The molecule has 6 rings (SSSR count). The van der Waals surface area contributed by atoms with Gasteiger partial charge < -0.3 is 23.7 Å². The van der Waals surface area contributed by atoms with E-state index in [0.717, 1.165) is 30.3 Å². The van der Waals surface area contributed by atoms with E-state index in [0.29, 0.717) is 60.2 Å². The molecule has 0 spiro atoms. The van der Waals surface area contributed by atoms with Crippen LogP contribution in [-0.2, 0) is 10.9 Å². The summed E-state index contributed by atoms with van der Waals surface area (Å²) in [4.78, 5) is 24.5. The number of imidazole rings is 1. The Labute approximate surface area is 246 Å². The van der Waals surface area contributed by atoms with Crippen LogP contribution in [0.3, 0.4) is 0 Å². The van der Waals surface area contributed by atoms with Gasteiger partial charge in [0, 0.05) is 36.3 Å². The van der Waals surface area contributed by atoms with Gasteiger partial charge in [-0.15, -0.1) is 0 Å². The standard InChI is InChI=1S/C30H32F3N7O3/c1-17(2)40-14-22(30(31,32)33)36-28(40)20-9-5-18(6-10-20)21-15-43-12-11-39(21)23-13-24(41-3)38-27(37-23)25-26(19-7-8-19)34-16-35-29(25)42-4/h5-6,9-10,13-14,16-17,19,21H,7-8,11-12,15H2,1-4H3. The van der Waals surface area contributed by atoms with Crippen molar-refractivity contribution in [2.75, 3.05) is 38.9 Å². The minimum Gasteiger partial charge on any atom is -0.481 e. The van der Waals surface area contributed by atoms with E-state index < -0.39 is 11.9 Å². The van der Waals surface area contributed by atoms with Crippen LogP contribution in [0.25, 0.3) is 22.8 Å². The molecule has 0 radical (unpaired) electrons. The number of alkyl halides is 3. The molecule has 4 heterocycles. The summed E-state index contributed by atoms with van der Waals surface area (Å²) < 4.78 is 58.9. The number of nitrogens with zero attached hydrogens (tertiary/aromatic N) is 7. The monoisotopic (exact) mass is 595 g/mol. The van der Waals surface area contributed by atoms with Crippen molar-refractivity contribution in [3.63, 3.8) is 0 Å². The summed E-state index contributed by atoms with van der Waals surface area (Å²) in [6, 6.07) is 8.74. The highest BCUT2D eigenvalue weighted by Crippen LogP contribution is 2.45. The minimum atomic E-state index is -4.53. The van der Waals surface area contributed by atoms with Gasteiger partial charge >= 0.3 is 6.18 Å². The first kappa shape index (κ1) is 28.8. The van der Waals surface area contributed by atoms with Crippen molar-refractivity contribution in [2.24, 2.45) is 0 Å². The topological polar surface area (TPSA) is 100 Å². The molecule has 10 nitrogen and oxygen atoms in total. The number of aromatic nitrogens is 6. The average Bonchev–Trinajstić information content (AvgIpc) is 3.76. The van der Waals surface area contributed by atoms with Crippen LogP contribution in [0.5, 0.6) is 11.8 Å². The molecule has 0 bridgehead atoms. The molecule has 0 N–H and O–H groups in total. The van der Waals surface area contributed by atoms with Crippen LogP contribution < -0.4 is 14.4 Å². The van der Waals surface area contributed by atoms with Crippen LogP contribution in [0, 0.1) is 0 Å². The largest absolute Gasteiger partial charge is 0.481 e. The van der Waals surface area contributed by atoms with Crippen LogP contribution in [0.4, 0.5) is 19.0 Å². The predicted molar refractivity (Wildman–Crippen MR) is 152 cm³/mol. The van der Waals surface area contributed by atoms with E-state index in [9.17, 15) is 13.2 Å².